The van der Waals surface area contributed by atoms with Gasteiger partial charge in [0.1, 0.15) is 4.88 Å². The van der Waals surface area contributed by atoms with E-state index >= 15 is 4.39 Å². The second-order valence-electron chi connectivity index (χ2n) is 20.9. The van der Waals surface area contributed by atoms with Crippen LogP contribution in [0.2, 0.25) is 0 Å². The van der Waals surface area contributed by atoms with Crippen molar-refractivity contribution in [3.8, 4) is 20.2 Å². The van der Waals surface area contributed by atoms with E-state index in [2.05, 4.69) is 124 Å². The van der Waals surface area contributed by atoms with E-state index in [4.69, 9.17) is 0 Å². The molecule has 0 saturated heterocycles. The van der Waals surface area contributed by atoms with Crippen LogP contribution in [0.4, 0.5) is 4.39 Å². The normalized spacial score (nSPS) is 13.0. The van der Waals surface area contributed by atoms with Crippen LogP contribution in [-0.2, 0) is 23.7 Å². The number of carbonyl (C=O) groups excluding carboxylic acids is 1. The molecule has 0 spiro atoms. The first kappa shape index (κ1) is 57.7. The van der Waals surface area contributed by atoms with E-state index in [1.54, 1.807) is 16.2 Å². The van der Waals surface area contributed by atoms with Gasteiger partial charge in [0.25, 0.3) is 0 Å². The Labute approximate surface area is 442 Å². The second-order valence-corrected chi connectivity index (χ2v) is 27.3. The number of halogens is 1. The number of benzene rings is 1. The fourth-order valence-electron chi connectivity index (χ4n) is 9.22. The lowest BCUT2D eigenvalue weighted by Gasteiger charge is -2.21. The van der Waals surface area contributed by atoms with E-state index in [0.29, 0.717) is 16.7 Å². The van der Waals surface area contributed by atoms with Gasteiger partial charge < -0.3 is 0 Å². The molecule has 0 N–H and O–H groups in total. The summed E-state index contributed by atoms with van der Waals surface area (Å²) < 4.78 is 20.2. The van der Waals surface area contributed by atoms with E-state index in [9.17, 15) is 4.79 Å². The number of thiophene rings is 6. The molecule has 2 atom stereocenters. The largest absolute Gasteiger partial charge is 0.293 e. The molecule has 0 bridgehead atoms. The molecular weight excluding hydrogens is 960 g/mol. The Morgan fingerprint density at radius 1 is 0.652 bits per heavy atom. The Morgan fingerprint density at radius 2 is 1.29 bits per heavy atom. The minimum absolute atomic E-state index is 0.0273. The summed E-state index contributed by atoms with van der Waals surface area (Å²) in [6.07, 6.45) is 22.4. The molecule has 380 valence electrons. The maximum Gasteiger partial charge on any atom is 0.175 e. The van der Waals surface area contributed by atoms with Crippen LogP contribution < -0.4 is 0 Å². The summed E-state index contributed by atoms with van der Waals surface area (Å²) in [7, 11) is 0. The lowest BCUT2D eigenvalue weighted by molar-refractivity contribution is 0.0979. The molecule has 69 heavy (non-hydrogen) atoms. The van der Waals surface area contributed by atoms with Gasteiger partial charge in [0.05, 0.1) is 9.58 Å². The molecule has 0 fully saturated rings. The number of hydrogen-bond donors (Lipinski definition) is 0. The van der Waals surface area contributed by atoms with Crippen LogP contribution in [0, 0.1) is 17.7 Å². The van der Waals surface area contributed by atoms with Crippen LogP contribution in [0.1, 0.15) is 228 Å². The van der Waals surface area contributed by atoms with Crippen molar-refractivity contribution in [3.05, 3.63) is 78.0 Å². The number of hydrogen-bond acceptors (Lipinski definition) is 7. The Balaban J connectivity index is 0.000000509. The van der Waals surface area contributed by atoms with Crippen molar-refractivity contribution in [3.63, 3.8) is 0 Å². The van der Waals surface area contributed by atoms with Crippen molar-refractivity contribution in [2.75, 3.05) is 0 Å². The molecule has 6 aromatic heterocycles. The highest BCUT2D eigenvalue weighted by molar-refractivity contribution is 7.31. The number of Topliss-reactive ketones (excluding diaryl/α,β-unsaturated/α-hetero) is 1. The molecular formula is C61H87FOS6. The fraction of sp³-hybridized carbons (Fsp3) is 0.590. The first-order valence-electron chi connectivity index (χ1n) is 27.1. The maximum atomic E-state index is 16.6. The lowest BCUT2D eigenvalue weighted by Crippen LogP contribution is -2.14. The molecule has 0 aliphatic rings. The Morgan fingerprint density at radius 3 is 1.88 bits per heavy atom. The molecule has 0 radical (unpaired) electrons. The number of ketones is 1. The molecule has 0 aliphatic heterocycles. The molecule has 0 amide bonds. The fourth-order valence-corrected chi connectivity index (χ4v) is 16.6. The summed E-state index contributed by atoms with van der Waals surface area (Å²) in [4.78, 5) is 23.1. The SMILES string of the molecule is CC.CCCCC(CC)Cc1cccs1.CCCCCCCCCC(=O)c1sc2c(-c3cc4c(-c5ccc(CC(CC)CCCC)s5)c5sc(C(C)(C)C)cc5cc4s3)sc(C(C)(C)CC)c2c1F. The van der Waals surface area contributed by atoms with Gasteiger partial charge in [0.15, 0.2) is 11.6 Å². The first-order chi connectivity index (χ1) is 33.2. The predicted octanol–water partition coefficient (Wildman–Crippen LogP) is 23.5. The van der Waals surface area contributed by atoms with Crippen molar-refractivity contribution in [1.82, 2.24) is 0 Å². The van der Waals surface area contributed by atoms with Gasteiger partial charge in [-0.1, -0.05) is 186 Å². The van der Waals surface area contributed by atoms with E-state index in [1.165, 1.54) is 140 Å². The van der Waals surface area contributed by atoms with Gasteiger partial charge in [-0.15, -0.1) is 68.0 Å². The summed E-state index contributed by atoms with van der Waals surface area (Å²) in [6.45, 7) is 29.0. The van der Waals surface area contributed by atoms with Crippen molar-refractivity contribution < 1.29 is 9.18 Å². The zero-order valence-corrected chi connectivity index (χ0v) is 49.8. The van der Waals surface area contributed by atoms with Crippen molar-refractivity contribution in [2.24, 2.45) is 11.8 Å². The highest BCUT2D eigenvalue weighted by Crippen LogP contribution is 2.54. The Bertz CT molecular complexity index is 2600. The first-order valence-corrected chi connectivity index (χ1v) is 32.0. The third kappa shape index (κ3) is 15.0. The van der Waals surface area contributed by atoms with Gasteiger partial charge in [-0.2, -0.15) is 0 Å². The van der Waals surface area contributed by atoms with Crippen molar-refractivity contribution >= 4 is 104 Å². The molecule has 8 heteroatoms. The molecule has 6 heterocycles. The zero-order chi connectivity index (χ0) is 50.3. The maximum absolute atomic E-state index is 16.6. The van der Waals surface area contributed by atoms with Crippen LogP contribution >= 0.6 is 68.0 Å². The monoisotopic (exact) mass is 1050 g/mol. The highest BCUT2D eigenvalue weighted by atomic mass is 32.1. The van der Waals surface area contributed by atoms with Gasteiger partial charge in [0.2, 0.25) is 0 Å². The minimum Gasteiger partial charge on any atom is -0.293 e. The van der Waals surface area contributed by atoms with Crippen LogP contribution in [0.5, 0.6) is 0 Å². The van der Waals surface area contributed by atoms with Gasteiger partial charge in [-0.25, -0.2) is 4.39 Å². The van der Waals surface area contributed by atoms with Crippen LogP contribution in [0.15, 0.2) is 47.8 Å². The second kappa shape index (κ2) is 27.7. The quantitative estimate of drug-likeness (QED) is 0.0412. The molecule has 2 unspecified atom stereocenters. The lowest BCUT2D eigenvalue weighted by atomic mass is 9.87. The standard InChI is InChI=1S/C47H61FOS5.C12H20S.C2H6/c1-10-14-16-17-18-19-20-22-33(49)42-40(48)39-44(53-42)43(54-45(39)47(8,9)13-4)36-28-32-35(51-36)26-30-27-37(46(5,6)7)52-41(30)38(32)34-24-23-31(50-34)25-29(12-3)21-15-11-2;1-3-5-7-11(4-2)10-12-8-6-9-13-12;1-2/h23-24,26-29H,10-22,25H2,1-9H3;6,8-9,11H,3-5,7,10H2,1-2H3;1-2H3. The summed E-state index contributed by atoms with van der Waals surface area (Å²) in [5.74, 6) is 1.34. The topological polar surface area (TPSA) is 17.1 Å². The van der Waals surface area contributed by atoms with Gasteiger partial charge in [0, 0.05) is 61.4 Å². The molecule has 7 rings (SSSR count). The number of carbonyl (C=O) groups is 1. The number of fused-ring (bicyclic) bond motifs is 3. The van der Waals surface area contributed by atoms with Gasteiger partial charge >= 0.3 is 0 Å². The average molecular weight is 1050 g/mol. The predicted molar refractivity (Wildman–Crippen MR) is 318 cm³/mol. The third-order valence-electron chi connectivity index (χ3n) is 14.1. The molecule has 1 aromatic carbocycles. The van der Waals surface area contributed by atoms with Crippen LogP contribution in [0.3, 0.4) is 0 Å². The summed E-state index contributed by atoms with van der Waals surface area (Å²) in [5, 5.41) is 5.48. The molecule has 7 aromatic rings. The van der Waals surface area contributed by atoms with Gasteiger partial charge in [-0.05, 0) is 95.5 Å². The van der Waals surface area contributed by atoms with Crippen LogP contribution in [0.25, 0.3) is 50.5 Å². The highest BCUT2D eigenvalue weighted by Gasteiger charge is 2.33. The third-order valence-corrected chi connectivity index (χ3v) is 21.9. The van der Waals surface area contributed by atoms with Crippen molar-refractivity contribution in [1.29, 1.82) is 0 Å². The summed E-state index contributed by atoms with van der Waals surface area (Å²) in [6, 6.07) is 16.4. The minimum atomic E-state index is -0.283. The Kier molecular flexibility index (Phi) is 23.2. The van der Waals surface area contributed by atoms with E-state index in [-0.39, 0.29) is 22.4 Å². The molecule has 0 saturated carbocycles. The number of rotatable bonds is 25. The Hall–Kier alpha value is -2.20. The van der Waals surface area contributed by atoms with Crippen molar-refractivity contribution in [2.45, 2.75) is 223 Å². The summed E-state index contributed by atoms with van der Waals surface area (Å²) >= 11 is 10.8. The van der Waals surface area contributed by atoms with E-state index in [0.717, 1.165) is 58.4 Å². The van der Waals surface area contributed by atoms with E-state index < -0.39 is 0 Å². The van der Waals surface area contributed by atoms with Crippen LogP contribution in [-0.4, -0.2) is 5.78 Å². The smallest absolute Gasteiger partial charge is 0.175 e. The number of unbranched alkanes of at least 4 members (excludes halogenated alkanes) is 8. The summed E-state index contributed by atoms with van der Waals surface area (Å²) in [5.41, 5.74) is 1.23. The molecule has 1 nitrogen and oxygen atoms in total. The zero-order valence-electron chi connectivity index (χ0n) is 44.9. The van der Waals surface area contributed by atoms with Gasteiger partial charge in [-0.3, -0.25) is 4.79 Å². The van der Waals surface area contributed by atoms with E-state index in [1.807, 2.05) is 59.2 Å². The average Bonchev–Trinajstić information content (AvgIpc) is 4.21. The molecule has 0 aliphatic carbocycles.